The average molecular weight is 416 g/mol. The number of rotatable bonds is 5. The summed E-state index contributed by atoms with van der Waals surface area (Å²) < 4.78 is 1.82. The number of nitrogens with zero attached hydrogens (tertiary/aromatic N) is 3. The van der Waals surface area contributed by atoms with Gasteiger partial charge in [-0.15, -0.1) is 10.2 Å². The topological polar surface area (TPSA) is 88.9 Å². The van der Waals surface area contributed by atoms with E-state index in [1.54, 1.807) is 30.6 Å². The minimum atomic E-state index is -0.423. The van der Waals surface area contributed by atoms with E-state index in [0.29, 0.717) is 15.7 Å². The number of thioether (sulfide) groups is 1. The number of aryl methyl sites for hydroxylation is 2. The van der Waals surface area contributed by atoms with Gasteiger partial charge in [0.15, 0.2) is 5.16 Å². The van der Waals surface area contributed by atoms with E-state index in [-0.39, 0.29) is 11.7 Å². The number of hydrazine groups is 1. The van der Waals surface area contributed by atoms with Crippen LogP contribution in [0.25, 0.3) is 5.69 Å². The van der Waals surface area contributed by atoms with Gasteiger partial charge in [-0.3, -0.25) is 25.0 Å². The number of halogens is 1. The maximum Gasteiger partial charge on any atom is 0.269 e. The predicted molar refractivity (Wildman–Crippen MR) is 109 cm³/mol. The van der Waals surface area contributed by atoms with Crippen molar-refractivity contribution in [1.82, 2.24) is 25.6 Å². The minimum Gasteiger partial charge on any atom is -0.277 e. The lowest BCUT2D eigenvalue weighted by Gasteiger charge is -2.09. The van der Waals surface area contributed by atoms with Gasteiger partial charge in [0.05, 0.1) is 5.75 Å². The van der Waals surface area contributed by atoms with Crippen LogP contribution in [0.4, 0.5) is 0 Å². The molecule has 0 bridgehead atoms. The number of amides is 2. The molecule has 144 valence electrons. The highest BCUT2D eigenvalue weighted by molar-refractivity contribution is 7.99. The number of hydrogen-bond acceptors (Lipinski definition) is 5. The van der Waals surface area contributed by atoms with Crippen molar-refractivity contribution in [3.63, 3.8) is 0 Å². The van der Waals surface area contributed by atoms with Crippen molar-refractivity contribution in [3.8, 4) is 5.69 Å². The molecule has 0 fully saturated rings. The Bertz CT molecular complexity index is 1000. The number of carbonyl (C=O) groups excluding carboxylic acids is 2. The highest BCUT2D eigenvalue weighted by Crippen LogP contribution is 2.21. The third-order valence-corrected chi connectivity index (χ3v) is 5.23. The molecule has 0 saturated carbocycles. The molecule has 0 saturated heterocycles. The van der Waals surface area contributed by atoms with Crippen molar-refractivity contribution in [2.75, 3.05) is 5.75 Å². The second-order valence-corrected chi connectivity index (χ2v) is 7.43. The van der Waals surface area contributed by atoms with Gasteiger partial charge in [-0.2, -0.15) is 0 Å². The molecule has 1 heterocycles. The first-order valence-corrected chi connectivity index (χ1v) is 9.75. The van der Waals surface area contributed by atoms with Crippen molar-refractivity contribution in [3.05, 3.63) is 70.5 Å². The van der Waals surface area contributed by atoms with Gasteiger partial charge < -0.3 is 0 Å². The summed E-state index contributed by atoms with van der Waals surface area (Å²) in [6.45, 7) is 4.08. The van der Waals surface area contributed by atoms with Crippen LogP contribution in [-0.2, 0) is 4.79 Å². The first-order valence-electron chi connectivity index (χ1n) is 8.39. The molecule has 3 rings (SSSR count). The lowest BCUT2D eigenvalue weighted by molar-refractivity contribution is -0.119. The summed E-state index contributed by atoms with van der Waals surface area (Å²) in [7, 11) is 0. The van der Waals surface area contributed by atoms with Crippen LogP contribution >= 0.6 is 23.4 Å². The first-order chi connectivity index (χ1) is 13.4. The molecular formula is C19H18ClN5O2S. The van der Waals surface area contributed by atoms with Crippen molar-refractivity contribution < 1.29 is 9.59 Å². The van der Waals surface area contributed by atoms with Gasteiger partial charge in [0.25, 0.3) is 5.91 Å². The molecule has 2 N–H and O–H groups in total. The summed E-state index contributed by atoms with van der Waals surface area (Å²) in [5, 5.41) is 9.11. The molecule has 0 aliphatic heterocycles. The molecule has 0 unspecified atom stereocenters. The molecule has 2 amide bonds. The van der Waals surface area contributed by atoms with Crippen LogP contribution in [0.3, 0.4) is 0 Å². The maximum atomic E-state index is 12.0. The Hall–Kier alpha value is -2.84. The Morgan fingerprint density at radius 2 is 1.82 bits per heavy atom. The quantitative estimate of drug-likeness (QED) is 0.493. The van der Waals surface area contributed by atoms with Gasteiger partial charge in [0.2, 0.25) is 5.91 Å². The lowest BCUT2D eigenvalue weighted by Crippen LogP contribution is -2.42. The highest BCUT2D eigenvalue weighted by atomic mass is 35.5. The van der Waals surface area contributed by atoms with Crippen LogP contribution < -0.4 is 10.9 Å². The van der Waals surface area contributed by atoms with Gasteiger partial charge in [-0.1, -0.05) is 29.4 Å². The molecule has 7 nitrogen and oxygen atoms in total. The normalized spacial score (nSPS) is 10.5. The molecule has 0 atom stereocenters. The fourth-order valence-corrected chi connectivity index (χ4v) is 3.20. The number of benzene rings is 2. The molecule has 0 aliphatic carbocycles. The Labute approximate surface area is 171 Å². The number of nitrogens with one attached hydrogen (secondary N) is 2. The molecule has 9 heteroatoms. The summed E-state index contributed by atoms with van der Waals surface area (Å²) in [6.07, 6.45) is 1.60. The predicted octanol–water partition coefficient (Wildman–Crippen LogP) is 3.09. The van der Waals surface area contributed by atoms with Crippen molar-refractivity contribution in [1.29, 1.82) is 0 Å². The molecule has 0 radical (unpaired) electrons. The molecular weight excluding hydrogens is 398 g/mol. The van der Waals surface area contributed by atoms with E-state index in [1.165, 1.54) is 17.3 Å². The van der Waals surface area contributed by atoms with Crippen molar-refractivity contribution in [2.45, 2.75) is 19.0 Å². The van der Waals surface area contributed by atoms with E-state index in [4.69, 9.17) is 11.6 Å². The van der Waals surface area contributed by atoms with Gasteiger partial charge in [-0.05, 0) is 61.4 Å². The van der Waals surface area contributed by atoms with Gasteiger partial charge in [0.1, 0.15) is 6.33 Å². The summed E-state index contributed by atoms with van der Waals surface area (Å²) in [6, 6.07) is 12.4. The number of carbonyl (C=O) groups is 2. The molecule has 3 aromatic rings. The Morgan fingerprint density at radius 3 is 2.54 bits per heavy atom. The van der Waals surface area contributed by atoms with Crippen molar-refractivity contribution >= 4 is 35.2 Å². The smallest absolute Gasteiger partial charge is 0.269 e. The van der Waals surface area contributed by atoms with E-state index in [1.807, 2.05) is 36.6 Å². The fraction of sp³-hybridized carbons (Fsp3) is 0.158. The zero-order valence-electron chi connectivity index (χ0n) is 15.3. The zero-order chi connectivity index (χ0) is 20.1. The summed E-state index contributed by atoms with van der Waals surface area (Å²) in [5.41, 5.74) is 8.43. The third kappa shape index (κ3) is 4.90. The monoisotopic (exact) mass is 415 g/mol. The van der Waals surface area contributed by atoms with Crippen LogP contribution in [0.5, 0.6) is 0 Å². The van der Waals surface area contributed by atoms with Crippen LogP contribution in [0.1, 0.15) is 21.5 Å². The maximum absolute atomic E-state index is 12.0. The van der Waals surface area contributed by atoms with Crippen LogP contribution in [0.2, 0.25) is 5.02 Å². The number of hydrogen-bond donors (Lipinski definition) is 2. The zero-order valence-corrected chi connectivity index (χ0v) is 16.8. The Kier molecular flexibility index (Phi) is 6.33. The van der Waals surface area contributed by atoms with E-state index < -0.39 is 5.91 Å². The van der Waals surface area contributed by atoms with Crippen LogP contribution in [0, 0.1) is 13.8 Å². The standard InChI is InChI=1S/C19H18ClN5O2S/c1-12-3-8-16(9-13(12)2)25-11-21-24-19(25)28-10-17(26)22-23-18(27)14-4-6-15(20)7-5-14/h3-9,11H,10H2,1-2H3,(H,22,26)(H,23,27). The van der Waals surface area contributed by atoms with E-state index in [0.717, 1.165) is 11.3 Å². The van der Waals surface area contributed by atoms with E-state index >= 15 is 0 Å². The Balaban J connectivity index is 1.55. The third-order valence-electron chi connectivity index (χ3n) is 4.04. The summed E-state index contributed by atoms with van der Waals surface area (Å²) >= 11 is 7.01. The number of aromatic nitrogens is 3. The molecule has 0 spiro atoms. The van der Waals surface area contributed by atoms with Crippen LogP contribution in [0.15, 0.2) is 53.9 Å². The van der Waals surface area contributed by atoms with E-state index in [9.17, 15) is 9.59 Å². The minimum absolute atomic E-state index is 0.0738. The SMILES string of the molecule is Cc1ccc(-n2cnnc2SCC(=O)NNC(=O)c2ccc(Cl)cc2)cc1C. The summed E-state index contributed by atoms with van der Waals surface area (Å²) in [5.74, 6) is -0.708. The second kappa shape index (κ2) is 8.90. The Morgan fingerprint density at radius 1 is 1.07 bits per heavy atom. The fourth-order valence-electron chi connectivity index (χ4n) is 2.34. The van der Waals surface area contributed by atoms with Gasteiger partial charge in [0, 0.05) is 16.3 Å². The highest BCUT2D eigenvalue weighted by Gasteiger charge is 2.12. The van der Waals surface area contributed by atoms with Gasteiger partial charge in [-0.25, -0.2) is 0 Å². The molecule has 28 heavy (non-hydrogen) atoms. The average Bonchev–Trinajstić information content (AvgIpc) is 3.16. The first kappa shape index (κ1) is 19.9. The van der Waals surface area contributed by atoms with Gasteiger partial charge >= 0.3 is 0 Å². The second-order valence-electron chi connectivity index (χ2n) is 6.05. The van der Waals surface area contributed by atoms with Crippen LogP contribution in [-0.4, -0.2) is 32.3 Å². The largest absolute Gasteiger partial charge is 0.277 e. The molecule has 2 aromatic carbocycles. The van der Waals surface area contributed by atoms with Crippen molar-refractivity contribution in [2.24, 2.45) is 0 Å². The van der Waals surface area contributed by atoms with E-state index in [2.05, 4.69) is 21.0 Å². The lowest BCUT2D eigenvalue weighted by atomic mass is 10.1. The summed E-state index contributed by atoms with van der Waals surface area (Å²) in [4.78, 5) is 24.0. The molecule has 1 aromatic heterocycles. The molecule has 0 aliphatic rings.